The van der Waals surface area contributed by atoms with Crippen LogP contribution < -0.4 is 11.3 Å². The fraction of sp³-hybridized carbons (Fsp3) is 0.286. The van der Waals surface area contributed by atoms with Crippen LogP contribution in [-0.4, -0.2) is 9.97 Å². The molecule has 0 aliphatic rings. The number of nitrogens with zero attached hydrogens (tertiary/aromatic N) is 2. The van der Waals surface area contributed by atoms with Crippen LogP contribution in [0.5, 0.6) is 0 Å². The predicted octanol–water partition coefficient (Wildman–Crippen LogP) is 3.62. The Hall–Kier alpha value is -1.73. The van der Waals surface area contributed by atoms with Crippen molar-refractivity contribution in [1.82, 2.24) is 9.97 Å². The van der Waals surface area contributed by atoms with Gasteiger partial charge in [0.15, 0.2) is 0 Å². The lowest BCUT2D eigenvalue weighted by Crippen LogP contribution is -2.13. The molecule has 2 rings (SSSR count). The van der Waals surface area contributed by atoms with Crippen LogP contribution in [0.15, 0.2) is 28.1 Å². The van der Waals surface area contributed by atoms with E-state index in [0.29, 0.717) is 22.2 Å². The maximum absolute atomic E-state index is 13.8. The summed E-state index contributed by atoms with van der Waals surface area (Å²) in [6.07, 6.45) is 0. The number of nitrogens with two attached hydrogens (primary N) is 1. The van der Waals surface area contributed by atoms with Gasteiger partial charge in [-0.3, -0.25) is 0 Å². The van der Waals surface area contributed by atoms with E-state index in [-0.39, 0.29) is 10.8 Å². The molecule has 0 saturated heterocycles. The van der Waals surface area contributed by atoms with Crippen molar-refractivity contribution in [2.24, 2.45) is 5.84 Å². The second kappa shape index (κ2) is 6.36. The van der Waals surface area contributed by atoms with Crippen molar-refractivity contribution in [3.63, 3.8) is 0 Å². The zero-order valence-electron chi connectivity index (χ0n) is 11.9. The molecule has 0 spiro atoms. The maximum Gasteiger partial charge on any atom is 0.147 e. The van der Waals surface area contributed by atoms with Crippen molar-refractivity contribution in [2.45, 2.75) is 36.6 Å². The Morgan fingerprint density at radius 3 is 2.57 bits per heavy atom. The van der Waals surface area contributed by atoms with E-state index in [9.17, 15) is 8.78 Å². The van der Waals surface area contributed by atoms with E-state index in [2.05, 4.69) is 15.4 Å². The average Bonchev–Trinajstić information content (AvgIpc) is 2.44. The van der Waals surface area contributed by atoms with E-state index < -0.39 is 11.6 Å². The van der Waals surface area contributed by atoms with E-state index >= 15 is 0 Å². The highest BCUT2D eigenvalue weighted by atomic mass is 32.2. The highest BCUT2D eigenvalue weighted by molar-refractivity contribution is 7.99. The molecule has 0 amide bonds. The fourth-order valence-corrected chi connectivity index (χ4v) is 2.60. The SMILES string of the molecule is Cc1c(NN)nc(C(C)C)nc1Sc1cc(F)ccc1F. The lowest BCUT2D eigenvalue weighted by Gasteiger charge is -2.13. The van der Waals surface area contributed by atoms with Crippen LogP contribution in [0.1, 0.15) is 31.2 Å². The van der Waals surface area contributed by atoms with Gasteiger partial charge >= 0.3 is 0 Å². The van der Waals surface area contributed by atoms with Crippen molar-refractivity contribution in [2.75, 3.05) is 5.43 Å². The number of aromatic nitrogens is 2. The average molecular weight is 310 g/mol. The lowest BCUT2D eigenvalue weighted by molar-refractivity contribution is 0.577. The fourth-order valence-electron chi connectivity index (χ4n) is 1.67. The van der Waals surface area contributed by atoms with Crippen LogP contribution in [0.4, 0.5) is 14.6 Å². The van der Waals surface area contributed by atoms with Gasteiger partial charge in [0.1, 0.15) is 28.3 Å². The highest BCUT2D eigenvalue weighted by Crippen LogP contribution is 2.33. The first kappa shape index (κ1) is 15.7. The predicted molar refractivity (Wildman–Crippen MR) is 79.1 cm³/mol. The van der Waals surface area contributed by atoms with Gasteiger partial charge in [-0.2, -0.15) is 0 Å². The first-order valence-electron chi connectivity index (χ1n) is 6.40. The Bertz CT molecular complexity index is 662. The summed E-state index contributed by atoms with van der Waals surface area (Å²) in [6, 6.07) is 3.32. The lowest BCUT2D eigenvalue weighted by atomic mass is 10.2. The van der Waals surface area contributed by atoms with Gasteiger partial charge in [-0.15, -0.1) is 0 Å². The van der Waals surface area contributed by atoms with Gasteiger partial charge in [0.05, 0.1) is 4.90 Å². The normalized spacial score (nSPS) is 11.0. The Balaban J connectivity index is 2.47. The van der Waals surface area contributed by atoms with Crippen LogP contribution in [0.25, 0.3) is 0 Å². The molecule has 3 N–H and O–H groups in total. The summed E-state index contributed by atoms with van der Waals surface area (Å²) in [6.45, 7) is 5.67. The van der Waals surface area contributed by atoms with Crippen molar-refractivity contribution in [3.8, 4) is 0 Å². The summed E-state index contributed by atoms with van der Waals surface area (Å²) in [4.78, 5) is 8.89. The molecule has 1 aromatic carbocycles. The van der Waals surface area contributed by atoms with Gasteiger partial charge in [-0.25, -0.2) is 24.6 Å². The second-order valence-electron chi connectivity index (χ2n) is 4.84. The number of hydrogen-bond donors (Lipinski definition) is 2. The van der Waals surface area contributed by atoms with Crippen LogP contribution >= 0.6 is 11.8 Å². The Morgan fingerprint density at radius 2 is 1.95 bits per heavy atom. The minimum Gasteiger partial charge on any atom is -0.308 e. The number of benzene rings is 1. The summed E-state index contributed by atoms with van der Waals surface area (Å²) in [5.41, 5.74) is 3.20. The van der Waals surface area contributed by atoms with Crippen LogP contribution in [0.3, 0.4) is 0 Å². The molecular formula is C14H16F2N4S. The van der Waals surface area contributed by atoms with Crippen LogP contribution in [0, 0.1) is 18.6 Å². The summed E-state index contributed by atoms with van der Waals surface area (Å²) in [5, 5.41) is 0.547. The van der Waals surface area contributed by atoms with Gasteiger partial charge in [0, 0.05) is 11.5 Å². The third kappa shape index (κ3) is 3.48. The topological polar surface area (TPSA) is 63.8 Å². The van der Waals surface area contributed by atoms with Gasteiger partial charge in [0.25, 0.3) is 0 Å². The summed E-state index contributed by atoms with van der Waals surface area (Å²) >= 11 is 1.05. The molecule has 0 aliphatic heterocycles. The standard InChI is InChI=1S/C14H16F2N4S/c1-7(2)12-18-13(20-17)8(3)14(19-12)21-11-6-9(15)4-5-10(11)16/h4-7H,17H2,1-3H3,(H,18,19,20). The molecule has 0 atom stereocenters. The summed E-state index contributed by atoms with van der Waals surface area (Å²) < 4.78 is 27.0. The molecule has 2 aromatic rings. The van der Waals surface area contributed by atoms with Crippen molar-refractivity contribution < 1.29 is 8.78 Å². The van der Waals surface area contributed by atoms with Crippen molar-refractivity contribution in [1.29, 1.82) is 0 Å². The van der Waals surface area contributed by atoms with E-state index in [1.165, 1.54) is 0 Å². The maximum atomic E-state index is 13.8. The number of nitrogen functional groups attached to an aromatic ring is 1. The van der Waals surface area contributed by atoms with Gasteiger partial charge < -0.3 is 5.43 Å². The third-order valence-electron chi connectivity index (χ3n) is 2.87. The molecule has 0 fully saturated rings. The molecule has 4 nitrogen and oxygen atoms in total. The molecule has 0 saturated carbocycles. The molecule has 112 valence electrons. The van der Waals surface area contributed by atoms with E-state index in [4.69, 9.17) is 5.84 Å². The molecule has 1 aromatic heterocycles. The zero-order valence-corrected chi connectivity index (χ0v) is 12.8. The summed E-state index contributed by atoms with van der Waals surface area (Å²) in [7, 11) is 0. The highest BCUT2D eigenvalue weighted by Gasteiger charge is 2.15. The van der Waals surface area contributed by atoms with E-state index in [1.54, 1.807) is 6.92 Å². The number of halogens is 2. The molecule has 0 bridgehead atoms. The van der Waals surface area contributed by atoms with Crippen molar-refractivity contribution >= 4 is 17.6 Å². The van der Waals surface area contributed by atoms with Crippen LogP contribution in [0.2, 0.25) is 0 Å². The van der Waals surface area contributed by atoms with E-state index in [1.807, 2.05) is 13.8 Å². The molecular weight excluding hydrogens is 294 g/mol. The van der Waals surface area contributed by atoms with E-state index in [0.717, 1.165) is 30.0 Å². The van der Waals surface area contributed by atoms with Crippen molar-refractivity contribution in [3.05, 3.63) is 41.2 Å². The van der Waals surface area contributed by atoms with Crippen LogP contribution in [-0.2, 0) is 0 Å². The van der Waals surface area contributed by atoms with Gasteiger partial charge in [-0.1, -0.05) is 25.6 Å². The molecule has 7 heteroatoms. The minimum absolute atomic E-state index is 0.0920. The number of nitrogens with one attached hydrogen (secondary N) is 1. The monoisotopic (exact) mass is 310 g/mol. The van der Waals surface area contributed by atoms with Gasteiger partial charge in [0.2, 0.25) is 0 Å². The summed E-state index contributed by atoms with van der Waals surface area (Å²) in [5.74, 6) is 5.63. The number of rotatable bonds is 4. The Kier molecular flexibility index (Phi) is 4.74. The number of hydrazine groups is 1. The zero-order chi connectivity index (χ0) is 15.6. The smallest absolute Gasteiger partial charge is 0.147 e. The molecule has 21 heavy (non-hydrogen) atoms. The molecule has 1 heterocycles. The number of anilines is 1. The Morgan fingerprint density at radius 1 is 1.24 bits per heavy atom. The first-order valence-corrected chi connectivity index (χ1v) is 7.22. The quantitative estimate of drug-likeness (QED) is 0.513. The first-order chi connectivity index (χ1) is 9.92. The second-order valence-corrected chi connectivity index (χ2v) is 5.87. The third-order valence-corrected chi connectivity index (χ3v) is 4.00. The molecule has 0 unspecified atom stereocenters. The minimum atomic E-state index is -0.494. The largest absolute Gasteiger partial charge is 0.308 e. The van der Waals surface area contributed by atoms with Gasteiger partial charge in [-0.05, 0) is 25.1 Å². The molecule has 0 radical (unpaired) electrons. The molecule has 0 aliphatic carbocycles. The Labute approximate surface area is 126 Å². The number of hydrogen-bond acceptors (Lipinski definition) is 5.